The molecule has 0 saturated carbocycles. The van der Waals surface area contributed by atoms with Gasteiger partial charge < -0.3 is 4.90 Å². The van der Waals surface area contributed by atoms with Gasteiger partial charge >= 0.3 is 0 Å². The van der Waals surface area contributed by atoms with Crippen LogP contribution in [0.5, 0.6) is 0 Å². The van der Waals surface area contributed by atoms with Gasteiger partial charge in [-0.2, -0.15) is 5.10 Å². The Bertz CT molecular complexity index is 1470. The van der Waals surface area contributed by atoms with Crippen molar-refractivity contribution in [1.29, 1.82) is 0 Å². The van der Waals surface area contributed by atoms with Gasteiger partial charge in [0.15, 0.2) is 5.65 Å². The number of hydrogen-bond donors (Lipinski definition) is 0. The lowest BCUT2D eigenvalue weighted by molar-refractivity contribution is -0.104. The second-order valence-corrected chi connectivity index (χ2v) is 8.64. The molecule has 1 unspecified atom stereocenters. The highest BCUT2D eigenvalue weighted by Gasteiger charge is 2.29. The topological polar surface area (TPSA) is 67.6 Å². The van der Waals surface area contributed by atoms with Crippen molar-refractivity contribution < 1.29 is 14.0 Å². The van der Waals surface area contributed by atoms with Gasteiger partial charge in [0.25, 0.3) is 5.91 Å². The Morgan fingerprint density at radius 3 is 2.77 bits per heavy atom. The predicted octanol–water partition coefficient (Wildman–Crippen LogP) is 5.07. The number of halogens is 1. The first kappa shape index (κ1) is 22.7. The van der Waals surface area contributed by atoms with Crippen LogP contribution in [0.2, 0.25) is 0 Å². The Morgan fingerprint density at radius 2 is 2.00 bits per heavy atom. The van der Waals surface area contributed by atoms with Crippen LogP contribution in [0.1, 0.15) is 52.8 Å². The van der Waals surface area contributed by atoms with Crippen molar-refractivity contribution in [2.75, 3.05) is 6.54 Å². The van der Waals surface area contributed by atoms with Gasteiger partial charge in [-0.15, -0.1) is 0 Å². The second-order valence-electron chi connectivity index (χ2n) is 8.64. The Hall–Kier alpha value is -4.13. The standard InChI is InChI=1S/C28H25FN4O2/c1-3-21-16-26(28(35)32-13-12-20-8-4-5-9-22(20)18(32)2)30-27-17-25(31-33(21)27)23-11-10-19(7-6-14-34)15-24(23)29/h4-11,14-18H,3,12-13H2,1-2H3/b7-6+. The summed E-state index contributed by atoms with van der Waals surface area (Å²) in [5, 5.41) is 4.58. The molecule has 35 heavy (non-hydrogen) atoms. The molecule has 0 aliphatic carbocycles. The van der Waals surface area contributed by atoms with E-state index in [9.17, 15) is 14.0 Å². The van der Waals surface area contributed by atoms with Gasteiger partial charge in [0.1, 0.15) is 17.8 Å². The Kier molecular flexibility index (Phi) is 5.99. The van der Waals surface area contributed by atoms with E-state index >= 15 is 0 Å². The summed E-state index contributed by atoms with van der Waals surface area (Å²) in [6, 6.07) is 16.4. The van der Waals surface area contributed by atoms with Gasteiger partial charge in [0, 0.05) is 23.9 Å². The van der Waals surface area contributed by atoms with E-state index in [-0.39, 0.29) is 11.9 Å². The van der Waals surface area contributed by atoms with E-state index in [2.05, 4.69) is 22.2 Å². The number of carbonyl (C=O) groups is 2. The number of carbonyl (C=O) groups excluding carboxylic acids is 2. The van der Waals surface area contributed by atoms with E-state index in [1.807, 2.05) is 30.9 Å². The average Bonchev–Trinajstić information content (AvgIpc) is 3.31. The molecule has 6 nitrogen and oxygen atoms in total. The van der Waals surface area contributed by atoms with Crippen molar-refractivity contribution >= 4 is 23.9 Å². The van der Waals surface area contributed by atoms with Gasteiger partial charge in [0.05, 0.1) is 11.7 Å². The van der Waals surface area contributed by atoms with Gasteiger partial charge in [-0.1, -0.05) is 43.3 Å². The monoisotopic (exact) mass is 468 g/mol. The maximum absolute atomic E-state index is 14.8. The molecule has 1 aliphatic rings. The first-order valence-electron chi connectivity index (χ1n) is 11.7. The molecule has 0 bridgehead atoms. The first-order valence-corrected chi connectivity index (χ1v) is 11.7. The summed E-state index contributed by atoms with van der Waals surface area (Å²) >= 11 is 0. The Labute approximate surface area is 202 Å². The van der Waals surface area contributed by atoms with Crippen LogP contribution in [-0.4, -0.2) is 38.2 Å². The minimum absolute atomic E-state index is 0.0445. The van der Waals surface area contributed by atoms with Gasteiger partial charge in [-0.05, 0) is 60.7 Å². The van der Waals surface area contributed by atoms with Crippen molar-refractivity contribution in [1.82, 2.24) is 19.5 Å². The lowest BCUT2D eigenvalue weighted by Gasteiger charge is -2.35. The maximum Gasteiger partial charge on any atom is 0.273 e. The van der Waals surface area contributed by atoms with Crippen LogP contribution in [0.4, 0.5) is 4.39 Å². The molecular weight excluding hydrogens is 443 g/mol. The largest absolute Gasteiger partial charge is 0.330 e. The molecule has 2 aromatic carbocycles. The van der Waals surface area contributed by atoms with Crippen LogP contribution in [0, 0.1) is 5.82 Å². The number of allylic oxidation sites excluding steroid dienone is 1. The molecule has 0 saturated heterocycles. The van der Waals surface area contributed by atoms with Crippen LogP contribution >= 0.6 is 0 Å². The van der Waals surface area contributed by atoms with E-state index < -0.39 is 5.82 Å². The molecule has 0 radical (unpaired) electrons. The summed E-state index contributed by atoms with van der Waals surface area (Å²) in [5.41, 5.74) is 5.46. The maximum atomic E-state index is 14.8. The first-order chi connectivity index (χ1) is 17.0. The van der Waals surface area contributed by atoms with Crippen molar-refractivity contribution in [3.8, 4) is 11.3 Å². The third-order valence-electron chi connectivity index (χ3n) is 6.57. The number of hydrogen-bond acceptors (Lipinski definition) is 4. The molecule has 0 spiro atoms. The number of aromatic nitrogens is 3. The number of nitrogens with zero attached hydrogens (tertiary/aromatic N) is 4. The van der Waals surface area contributed by atoms with Crippen molar-refractivity contribution in [2.45, 2.75) is 32.7 Å². The zero-order valence-electron chi connectivity index (χ0n) is 19.6. The van der Waals surface area contributed by atoms with Crippen LogP contribution in [0.25, 0.3) is 23.0 Å². The number of rotatable bonds is 5. The fourth-order valence-corrected chi connectivity index (χ4v) is 4.72. The summed E-state index contributed by atoms with van der Waals surface area (Å²) < 4.78 is 16.5. The van der Waals surface area contributed by atoms with Crippen LogP contribution in [0.15, 0.2) is 60.7 Å². The minimum Gasteiger partial charge on any atom is -0.330 e. The molecular formula is C28H25FN4O2. The summed E-state index contributed by atoms with van der Waals surface area (Å²) in [4.78, 5) is 30.5. The highest BCUT2D eigenvalue weighted by molar-refractivity contribution is 5.93. The third-order valence-corrected chi connectivity index (χ3v) is 6.57. The normalized spacial score (nSPS) is 15.5. The summed E-state index contributed by atoms with van der Waals surface area (Å²) in [6.07, 6.45) is 4.95. The van der Waals surface area contributed by atoms with Crippen molar-refractivity contribution in [3.63, 3.8) is 0 Å². The van der Waals surface area contributed by atoms with Gasteiger partial charge in [-0.25, -0.2) is 13.9 Å². The van der Waals surface area contributed by atoms with Crippen LogP contribution in [0.3, 0.4) is 0 Å². The fraction of sp³-hybridized carbons (Fsp3) is 0.214. The SMILES string of the molecule is CCc1cc(C(=O)N2CCc3ccccc3C2C)nc2cc(-c3ccc(/C=C/C=O)cc3F)nn12. The van der Waals surface area contributed by atoms with Crippen molar-refractivity contribution in [2.24, 2.45) is 0 Å². The Morgan fingerprint density at radius 1 is 1.17 bits per heavy atom. The fourth-order valence-electron chi connectivity index (χ4n) is 4.72. The number of aryl methyl sites for hydroxylation is 1. The molecule has 5 rings (SSSR count). The second kappa shape index (κ2) is 9.25. The highest BCUT2D eigenvalue weighted by atomic mass is 19.1. The van der Waals surface area contributed by atoms with E-state index in [4.69, 9.17) is 0 Å². The van der Waals surface area contributed by atoms with Gasteiger partial charge in [-0.3, -0.25) is 9.59 Å². The smallest absolute Gasteiger partial charge is 0.273 e. The average molecular weight is 469 g/mol. The molecule has 0 N–H and O–H groups in total. The number of fused-ring (bicyclic) bond motifs is 2. The minimum atomic E-state index is -0.448. The summed E-state index contributed by atoms with van der Waals surface area (Å²) in [5.74, 6) is -0.568. The molecule has 3 heterocycles. The highest BCUT2D eigenvalue weighted by Crippen LogP contribution is 2.31. The molecule has 0 fully saturated rings. The molecule has 1 amide bonds. The van der Waals surface area contributed by atoms with Crippen LogP contribution < -0.4 is 0 Å². The van der Waals surface area contributed by atoms with E-state index in [0.717, 1.165) is 17.7 Å². The molecule has 2 aromatic heterocycles. The molecule has 176 valence electrons. The number of aldehydes is 1. The lowest BCUT2D eigenvalue weighted by atomic mass is 9.93. The van der Waals surface area contributed by atoms with E-state index in [1.54, 1.807) is 28.8 Å². The van der Waals surface area contributed by atoms with Gasteiger partial charge in [0.2, 0.25) is 0 Å². The van der Waals surface area contributed by atoms with Crippen molar-refractivity contribution in [3.05, 3.63) is 94.6 Å². The molecule has 7 heteroatoms. The van der Waals surface area contributed by atoms with E-state index in [0.29, 0.717) is 47.4 Å². The third kappa shape index (κ3) is 4.14. The van der Waals surface area contributed by atoms with E-state index in [1.165, 1.54) is 23.8 Å². The molecule has 1 aliphatic heterocycles. The molecule has 1 atom stereocenters. The quantitative estimate of drug-likeness (QED) is 0.303. The predicted molar refractivity (Wildman–Crippen MR) is 132 cm³/mol. The number of benzene rings is 2. The Balaban J connectivity index is 1.51. The lowest BCUT2D eigenvalue weighted by Crippen LogP contribution is -2.39. The van der Waals surface area contributed by atoms with Crippen LogP contribution in [-0.2, 0) is 17.6 Å². The summed E-state index contributed by atoms with van der Waals surface area (Å²) in [6.45, 7) is 4.66. The number of amides is 1. The molecule has 4 aromatic rings. The zero-order valence-corrected chi connectivity index (χ0v) is 19.6. The zero-order chi connectivity index (χ0) is 24.5. The summed E-state index contributed by atoms with van der Waals surface area (Å²) in [7, 11) is 0.